The van der Waals surface area contributed by atoms with Crippen LogP contribution < -0.4 is 4.90 Å². The molecule has 31 heavy (non-hydrogen) atoms. The van der Waals surface area contributed by atoms with E-state index in [9.17, 15) is 13.2 Å². The average molecular weight is 453 g/mol. The average Bonchev–Trinajstić information content (AvgIpc) is 3.27. The molecule has 4 rings (SSSR count). The van der Waals surface area contributed by atoms with Crippen LogP contribution in [0.4, 0.5) is 19.0 Å². The fourth-order valence-corrected chi connectivity index (χ4v) is 5.79. The lowest BCUT2D eigenvalue weighted by Crippen LogP contribution is -2.40. The maximum absolute atomic E-state index is 12.8. The van der Waals surface area contributed by atoms with Gasteiger partial charge in [0.05, 0.1) is 11.8 Å². The lowest BCUT2D eigenvalue weighted by molar-refractivity contribution is -0.126. The molecule has 168 valence electrons. The Labute approximate surface area is 184 Å². The number of alkyl halides is 3. The Balaban J connectivity index is 1.46. The van der Waals surface area contributed by atoms with E-state index < -0.39 is 12.6 Å². The molecule has 2 aliphatic heterocycles. The van der Waals surface area contributed by atoms with E-state index in [1.807, 2.05) is 13.2 Å². The lowest BCUT2D eigenvalue weighted by Gasteiger charge is -2.35. The van der Waals surface area contributed by atoms with Crippen molar-refractivity contribution in [3.05, 3.63) is 29.0 Å². The summed E-state index contributed by atoms with van der Waals surface area (Å²) in [5, 5.41) is 6.32. The van der Waals surface area contributed by atoms with Crippen molar-refractivity contribution >= 4 is 34.1 Å². The molecule has 2 aromatic rings. The van der Waals surface area contributed by atoms with Crippen LogP contribution in [0.15, 0.2) is 29.3 Å². The fourth-order valence-electron chi connectivity index (χ4n) is 4.77. The molecule has 2 aliphatic rings. The first kappa shape index (κ1) is 22.0. The van der Waals surface area contributed by atoms with Crippen LogP contribution >= 0.6 is 11.3 Å². The highest BCUT2D eigenvalue weighted by Gasteiger charge is 2.38. The Morgan fingerprint density at radius 3 is 2.84 bits per heavy atom. The van der Waals surface area contributed by atoms with Gasteiger partial charge in [0.15, 0.2) is 0 Å². The molecule has 0 N–H and O–H groups in total. The molecule has 0 saturated carbocycles. The standard InChI is InChI=1S/C21H27F3N6S/c1-14(8-28(3)25-2)9-29-10-15-4-5-30(12-16(15)11-29)19-18-6-17(7-21(22,23)24)31-20(18)27-13-26-19/h6,8,13,15-16H,2,4-5,7,9-12H2,1,3H3/b14-8+. The van der Waals surface area contributed by atoms with Gasteiger partial charge in [0.25, 0.3) is 0 Å². The highest BCUT2D eigenvalue weighted by molar-refractivity contribution is 7.18. The number of likely N-dealkylation sites (tertiary alicyclic amines) is 1. The van der Waals surface area contributed by atoms with Crippen molar-refractivity contribution in [3.8, 4) is 0 Å². The third kappa shape index (κ3) is 5.17. The summed E-state index contributed by atoms with van der Waals surface area (Å²) in [4.78, 5) is 14.3. The van der Waals surface area contributed by atoms with E-state index in [-0.39, 0.29) is 4.88 Å². The molecule has 0 bridgehead atoms. The summed E-state index contributed by atoms with van der Waals surface area (Å²) in [6, 6.07) is 1.62. The van der Waals surface area contributed by atoms with Gasteiger partial charge in [-0.2, -0.15) is 18.3 Å². The molecule has 0 amide bonds. The maximum atomic E-state index is 12.8. The minimum atomic E-state index is -4.22. The molecule has 0 aromatic carbocycles. The van der Waals surface area contributed by atoms with Crippen LogP contribution in [0.25, 0.3) is 10.2 Å². The molecule has 4 heterocycles. The van der Waals surface area contributed by atoms with Crippen molar-refractivity contribution in [3.63, 3.8) is 0 Å². The zero-order valence-corrected chi connectivity index (χ0v) is 18.6. The minimum Gasteiger partial charge on any atom is -0.356 e. The number of aromatic nitrogens is 2. The Morgan fingerprint density at radius 2 is 2.10 bits per heavy atom. The highest BCUT2D eigenvalue weighted by atomic mass is 32.1. The second-order valence-electron chi connectivity index (χ2n) is 8.56. The first-order chi connectivity index (χ1) is 14.7. The van der Waals surface area contributed by atoms with Crippen LogP contribution in [0.1, 0.15) is 18.2 Å². The topological polar surface area (TPSA) is 47.9 Å². The van der Waals surface area contributed by atoms with E-state index in [1.165, 1.54) is 11.9 Å². The van der Waals surface area contributed by atoms with E-state index in [1.54, 1.807) is 11.1 Å². The zero-order chi connectivity index (χ0) is 22.2. The second-order valence-corrected chi connectivity index (χ2v) is 9.68. The number of nitrogens with zero attached hydrogens (tertiary/aromatic N) is 6. The summed E-state index contributed by atoms with van der Waals surface area (Å²) in [5.74, 6) is 1.93. The molecular weight excluding hydrogens is 425 g/mol. The van der Waals surface area contributed by atoms with E-state index in [0.717, 1.165) is 61.7 Å². The van der Waals surface area contributed by atoms with Crippen molar-refractivity contribution < 1.29 is 13.2 Å². The van der Waals surface area contributed by atoms with E-state index >= 15 is 0 Å². The largest absolute Gasteiger partial charge is 0.393 e. The number of fused-ring (bicyclic) bond motifs is 2. The highest BCUT2D eigenvalue weighted by Crippen LogP contribution is 2.37. The molecule has 0 spiro atoms. The first-order valence-electron chi connectivity index (χ1n) is 10.4. The number of thiophene rings is 1. The van der Waals surface area contributed by atoms with Gasteiger partial charge in [0, 0.05) is 57.6 Å². The number of rotatable bonds is 6. The molecule has 2 unspecified atom stereocenters. The SMILES string of the molecule is C=NN(C)/C=C(\C)CN1CC2CCN(c3ncnc4sc(CC(F)(F)F)cc34)CC2C1. The van der Waals surface area contributed by atoms with Gasteiger partial charge in [0.1, 0.15) is 17.0 Å². The van der Waals surface area contributed by atoms with Gasteiger partial charge in [0.2, 0.25) is 0 Å². The third-order valence-corrected chi connectivity index (χ3v) is 7.06. The summed E-state index contributed by atoms with van der Waals surface area (Å²) in [5.41, 5.74) is 1.23. The summed E-state index contributed by atoms with van der Waals surface area (Å²) in [7, 11) is 1.87. The predicted octanol–water partition coefficient (Wildman–Crippen LogP) is 4.01. The second kappa shape index (κ2) is 8.74. The Morgan fingerprint density at radius 1 is 1.32 bits per heavy atom. The molecule has 6 nitrogen and oxygen atoms in total. The molecule has 10 heteroatoms. The minimum absolute atomic E-state index is 0.285. The summed E-state index contributed by atoms with van der Waals surface area (Å²) in [6.07, 6.45) is -0.617. The molecule has 0 aliphatic carbocycles. The van der Waals surface area contributed by atoms with E-state index in [0.29, 0.717) is 16.7 Å². The molecule has 2 fully saturated rings. The van der Waals surface area contributed by atoms with Gasteiger partial charge in [-0.25, -0.2) is 9.97 Å². The molecule has 2 atom stereocenters. The number of hydrogen-bond donors (Lipinski definition) is 0. The number of halogens is 3. The van der Waals surface area contributed by atoms with Gasteiger partial charge in [-0.05, 0) is 36.8 Å². The zero-order valence-electron chi connectivity index (χ0n) is 17.8. The van der Waals surface area contributed by atoms with E-state index in [2.05, 4.69) is 38.5 Å². The summed E-state index contributed by atoms with van der Waals surface area (Å²) in [6.45, 7) is 10.3. The van der Waals surface area contributed by atoms with Crippen molar-refractivity contribution in [2.75, 3.05) is 44.7 Å². The quantitative estimate of drug-likeness (QED) is 0.490. The fraction of sp³-hybridized carbons (Fsp3) is 0.571. The van der Waals surface area contributed by atoms with E-state index in [4.69, 9.17) is 0 Å². The van der Waals surface area contributed by atoms with Gasteiger partial charge in [-0.15, -0.1) is 11.3 Å². The smallest absolute Gasteiger partial charge is 0.356 e. The van der Waals surface area contributed by atoms with Crippen molar-refractivity contribution in [1.82, 2.24) is 19.9 Å². The Hall–Kier alpha value is -2.20. The predicted molar refractivity (Wildman–Crippen MR) is 118 cm³/mol. The first-order valence-corrected chi connectivity index (χ1v) is 11.2. The number of hydrogen-bond acceptors (Lipinski definition) is 7. The van der Waals surface area contributed by atoms with Crippen molar-refractivity contribution in [1.29, 1.82) is 0 Å². The number of anilines is 1. The molecule has 2 saturated heterocycles. The van der Waals surface area contributed by atoms with Crippen LogP contribution in [0.5, 0.6) is 0 Å². The van der Waals surface area contributed by atoms with Gasteiger partial charge in [-0.3, -0.25) is 9.91 Å². The van der Waals surface area contributed by atoms with Crippen LogP contribution in [0, 0.1) is 11.8 Å². The van der Waals surface area contributed by atoms with Crippen molar-refractivity contribution in [2.24, 2.45) is 16.9 Å². The number of piperidine rings is 1. The van der Waals surface area contributed by atoms with Crippen LogP contribution in [0.3, 0.4) is 0 Å². The monoisotopic (exact) mass is 452 g/mol. The summed E-state index contributed by atoms with van der Waals surface area (Å²) >= 11 is 1.11. The summed E-state index contributed by atoms with van der Waals surface area (Å²) < 4.78 is 38.5. The van der Waals surface area contributed by atoms with Gasteiger partial charge in [-0.1, -0.05) is 0 Å². The normalized spacial score (nSPS) is 22.7. The third-order valence-electron chi connectivity index (χ3n) is 6.01. The Bertz CT molecular complexity index is 972. The molecule has 2 aromatic heterocycles. The number of hydrazone groups is 1. The maximum Gasteiger partial charge on any atom is 0.393 e. The lowest BCUT2D eigenvalue weighted by atomic mass is 9.88. The van der Waals surface area contributed by atoms with Crippen molar-refractivity contribution in [2.45, 2.75) is 25.9 Å². The molecule has 0 radical (unpaired) electrons. The van der Waals surface area contributed by atoms with Crippen LogP contribution in [0.2, 0.25) is 0 Å². The van der Waals surface area contributed by atoms with Gasteiger partial charge >= 0.3 is 6.18 Å². The van der Waals surface area contributed by atoms with Crippen LogP contribution in [-0.4, -0.2) is 72.5 Å². The Kier molecular flexibility index (Phi) is 6.20. The molecular formula is C21H27F3N6S. The van der Waals surface area contributed by atoms with Gasteiger partial charge < -0.3 is 4.90 Å². The van der Waals surface area contributed by atoms with Crippen LogP contribution in [-0.2, 0) is 6.42 Å².